The van der Waals surface area contributed by atoms with Crippen LogP contribution in [0, 0.1) is 0 Å². The number of thiazole rings is 1. The summed E-state index contributed by atoms with van der Waals surface area (Å²) in [5, 5.41) is 0. The number of carbonyl (C=O) groups excluding carboxylic acids is 1. The monoisotopic (exact) mass is 253 g/mol. The van der Waals surface area contributed by atoms with Crippen LogP contribution in [0.2, 0.25) is 4.47 Å². The van der Waals surface area contributed by atoms with Crippen LogP contribution in [-0.2, 0) is 0 Å². The van der Waals surface area contributed by atoms with Gasteiger partial charge in [0.25, 0.3) is 5.91 Å². The highest BCUT2D eigenvalue weighted by atomic mass is 35.5. The molecule has 0 saturated carbocycles. The molecule has 0 unspecified atom stereocenters. The zero-order valence-corrected chi connectivity index (χ0v) is 9.68. The molecule has 0 fully saturated rings. The molecule has 0 aliphatic heterocycles. The Hall–Kier alpha value is -1.43. The molecule has 2 rings (SSSR count). The summed E-state index contributed by atoms with van der Waals surface area (Å²) in [4.78, 5) is 16.1. The van der Waals surface area contributed by atoms with Crippen LogP contribution in [-0.4, -0.2) is 10.9 Å². The van der Waals surface area contributed by atoms with E-state index in [4.69, 9.17) is 17.4 Å². The predicted octanol–water partition coefficient (Wildman–Crippen LogP) is 2.07. The highest BCUT2D eigenvalue weighted by Gasteiger charge is 2.17. The van der Waals surface area contributed by atoms with Crippen molar-refractivity contribution in [2.75, 3.05) is 0 Å². The lowest BCUT2D eigenvalue weighted by Gasteiger charge is -2.00. The summed E-state index contributed by atoms with van der Waals surface area (Å²) in [5.74, 6) is 4.64. The maximum Gasteiger partial charge on any atom is 0.285 e. The average molecular weight is 254 g/mol. The van der Waals surface area contributed by atoms with E-state index in [1.165, 1.54) is 11.3 Å². The van der Waals surface area contributed by atoms with Crippen molar-refractivity contribution < 1.29 is 4.79 Å². The molecule has 2 aromatic rings. The van der Waals surface area contributed by atoms with Gasteiger partial charge in [-0.2, -0.15) is 0 Å². The average Bonchev–Trinajstić information content (AvgIpc) is 2.71. The second kappa shape index (κ2) is 4.61. The molecule has 1 amide bonds. The van der Waals surface area contributed by atoms with Gasteiger partial charge in [-0.05, 0) is 5.56 Å². The van der Waals surface area contributed by atoms with Crippen molar-refractivity contribution in [1.82, 2.24) is 10.4 Å². The summed E-state index contributed by atoms with van der Waals surface area (Å²) < 4.78 is 0.317. The normalized spacial score (nSPS) is 10.1. The van der Waals surface area contributed by atoms with Gasteiger partial charge >= 0.3 is 0 Å². The first-order chi connectivity index (χ1) is 7.72. The lowest BCUT2D eigenvalue weighted by atomic mass is 10.1. The molecule has 0 saturated heterocycles. The number of nitrogens with zero attached hydrogens (tertiary/aromatic N) is 1. The van der Waals surface area contributed by atoms with Crippen molar-refractivity contribution in [2.24, 2.45) is 5.84 Å². The number of nitrogens with one attached hydrogen (secondary N) is 1. The number of nitrogen functional groups attached to an aromatic ring is 1. The molecule has 1 aromatic heterocycles. The van der Waals surface area contributed by atoms with Crippen LogP contribution < -0.4 is 11.3 Å². The summed E-state index contributed by atoms with van der Waals surface area (Å²) in [5.41, 5.74) is 3.20. The number of benzene rings is 1. The van der Waals surface area contributed by atoms with E-state index < -0.39 is 5.91 Å². The van der Waals surface area contributed by atoms with Gasteiger partial charge in [0, 0.05) is 0 Å². The van der Waals surface area contributed by atoms with Gasteiger partial charge in [-0.15, -0.1) is 11.3 Å². The van der Waals surface area contributed by atoms with Crippen molar-refractivity contribution in [3.63, 3.8) is 0 Å². The molecule has 0 atom stereocenters. The number of aromatic nitrogens is 1. The van der Waals surface area contributed by atoms with Gasteiger partial charge in [-0.25, -0.2) is 10.8 Å². The fraction of sp³-hybridized carbons (Fsp3) is 0. The van der Waals surface area contributed by atoms with Gasteiger partial charge in [0.1, 0.15) is 5.69 Å². The molecule has 6 heteroatoms. The van der Waals surface area contributed by atoms with Crippen LogP contribution in [0.1, 0.15) is 10.5 Å². The third-order valence-electron chi connectivity index (χ3n) is 1.98. The van der Waals surface area contributed by atoms with Crippen LogP contribution in [0.5, 0.6) is 0 Å². The largest absolute Gasteiger partial charge is 0.289 e. The quantitative estimate of drug-likeness (QED) is 0.489. The summed E-state index contributed by atoms with van der Waals surface area (Å²) in [6, 6.07) is 9.43. The number of halogens is 1. The number of amides is 1. The van der Waals surface area contributed by atoms with Gasteiger partial charge in [-0.3, -0.25) is 10.2 Å². The summed E-state index contributed by atoms with van der Waals surface area (Å²) >= 11 is 7.05. The second-order valence-electron chi connectivity index (χ2n) is 2.98. The molecular weight excluding hydrogens is 246 g/mol. The lowest BCUT2D eigenvalue weighted by molar-refractivity contribution is 0.0950. The Labute approximate surface area is 101 Å². The zero-order chi connectivity index (χ0) is 11.5. The van der Waals surface area contributed by atoms with E-state index in [1.54, 1.807) is 0 Å². The standard InChI is InChI=1S/C10H8ClN3OS/c11-10-13-7(9(15)14-12)8(16-10)6-4-2-1-3-5-6/h1-5H,12H2,(H,14,15). The molecule has 0 aliphatic carbocycles. The molecule has 3 N–H and O–H groups in total. The molecule has 0 radical (unpaired) electrons. The Balaban J connectivity index is 2.53. The Bertz CT molecular complexity index is 512. The smallest absolute Gasteiger partial charge is 0.285 e. The fourth-order valence-corrected chi connectivity index (χ4v) is 2.41. The van der Waals surface area contributed by atoms with Gasteiger partial charge in [0.2, 0.25) is 0 Å². The highest BCUT2D eigenvalue weighted by Crippen LogP contribution is 2.32. The minimum Gasteiger partial charge on any atom is -0.289 e. The first-order valence-electron chi connectivity index (χ1n) is 4.45. The van der Waals surface area contributed by atoms with E-state index in [0.29, 0.717) is 9.34 Å². The fourth-order valence-electron chi connectivity index (χ4n) is 1.30. The van der Waals surface area contributed by atoms with E-state index >= 15 is 0 Å². The van der Waals surface area contributed by atoms with E-state index in [0.717, 1.165) is 5.56 Å². The van der Waals surface area contributed by atoms with Crippen LogP contribution >= 0.6 is 22.9 Å². The molecule has 16 heavy (non-hydrogen) atoms. The molecular formula is C10H8ClN3OS. The van der Waals surface area contributed by atoms with Gasteiger partial charge < -0.3 is 0 Å². The number of hydrazine groups is 1. The molecule has 0 bridgehead atoms. The second-order valence-corrected chi connectivity index (χ2v) is 4.57. The van der Waals surface area contributed by atoms with Crippen LogP contribution in [0.4, 0.5) is 0 Å². The molecule has 0 spiro atoms. The summed E-state index contributed by atoms with van der Waals surface area (Å²) in [6.07, 6.45) is 0. The lowest BCUT2D eigenvalue weighted by Crippen LogP contribution is -2.30. The molecule has 1 heterocycles. The Morgan fingerprint density at radius 3 is 2.69 bits per heavy atom. The van der Waals surface area contributed by atoms with Crippen LogP contribution in [0.15, 0.2) is 30.3 Å². The molecule has 0 aliphatic rings. The van der Waals surface area contributed by atoms with Crippen molar-refractivity contribution in [3.8, 4) is 10.4 Å². The van der Waals surface area contributed by atoms with E-state index in [-0.39, 0.29) is 5.69 Å². The van der Waals surface area contributed by atoms with Crippen molar-refractivity contribution in [1.29, 1.82) is 0 Å². The third-order valence-corrected chi connectivity index (χ3v) is 3.19. The minimum absolute atomic E-state index is 0.253. The van der Waals surface area contributed by atoms with Gasteiger partial charge in [0.15, 0.2) is 4.47 Å². The van der Waals surface area contributed by atoms with Gasteiger partial charge in [0.05, 0.1) is 4.88 Å². The number of rotatable bonds is 2. The highest BCUT2D eigenvalue weighted by molar-refractivity contribution is 7.19. The number of hydrogen-bond acceptors (Lipinski definition) is 4. The van der Waals surface area contributed by atoms with E-state index in [2.05, 4.69) is 10.4 Å². The number of carbonyl (C=O) groups is 1. The minimum atomic E-state index is -0.443. The first-order valence-corrected chi connectivity index (χ1v) is 5.64. The Morgan fingerprint density at radius 1 is 1.38 bits per heavy atom. The zero-order valence-electron chi connectivity index (χ0n) is 8.11. The van der Waals surface area contributed by atoms with E-state index in [1.807, 2.05) is 30.3 Å². The van der Waals surface area contributed by atoms with Crippen LogP contribution in [0.3, 0.4) is 0 Å². The molecule has 82 valence electrons. The summed E-state index contributed by atoms with van der Waals surface area (Å²) in [7, 11) is 0. The van der Waals surface area contributed by atoms with Crippen molar-refractivity contribution in [3.05, 3.63) is 40.5 Å². The Kier molecular flexibility index (Phi) is 3.19. The maximum absolute atomic E-state index is 11.5. The van der Waals surface area contributed by atoms with Gasteiger partial charge in [-0.1, -0.05) is 41.9 Å². The third kappa shape index (κ3) is 2.06. The molecule has 4 nitrogen and oxygen atoms in total. The van der Waals surface area contributed by atoms with Crippen LogP contribution in [0.25, 0.3) is 10.4 Å². The van der Waals surface area contributed by atoms with E-state index in [9.17, 15) is 4.79 Å². The topological polar surface area (TPSA) is 68.0 Å². The summed E-state index contributed by atoms with van der Waals surface area (Å²) in [6.45, 7) is 0. The maximum atomic E-state index is 11.5. The SMILES string of the molecule is NNC(=O)c1nc(Cl)sc1-c1ccccc1. The number of nitrogens with two attached hydrogens (primary N) is 1. The van der Waals surface area contributed by atoms with Crippen molar-refractivity contribution in [2.45, 2.75) is 0 Å². The molecule has 1 aromatic carbocycles. The predicted molar refractivity (Wildman–Crippen MR) is 64.2 cm³/mol. The Morgan fingerprint density at radius 2 is 2.06 bits per heavy atom. The first kappa shape index (κ1) is 11.1. The number of hydrogen-bond donors (Lipinski definition) is 2. The van der Waals surface area contributed by atoms with Crippen molar-refractivity contribution >= 4 is 28.8 Å².